The fraction of sp³-hybridized carbons (Fsp3) is 0.667. The molecule has 1 saturated carbocycles. The lowest BCUT2D eigenvalue weighted by atomic mass is 9.87. The Labute approximate surface area is 172 Å². The topological polar surface area (TPSA) is 90.8 Å². The van der Waals surface area contributed by atoms with Gasteiger partial charge in [-0.25, -0.2) is 0 Å². The van der Waals surface area contributed by atoms with E-state index in [2.05, 4.69) is 34.3 Å². The second kappa shape index (κ2) is 9.43. The molecule has 2 aliphatic rings. The number of anilines is 2. The third-order valence-electron chi connectivity index (χ3n) is 6.34. The summed E-state index contributed by atoms with van der Waals surface area (Å²) in [5, 5.41) is 17.6. The molecule has 1 saturated heterocycles. The van der Waals surface area contributed by atoms with Crippen LogP contribution in [0.3, 0.4) is 0 Å². The number of carbonyl (C=O) groups is 1. The molecule has 0 unspecified atom stereocenters. The highest BCUT2D eigenvalue weighted by Crippen LogP contribution is 2.34. The van der Waals surface area contributed by atoms with E-state index in [-0.39, 0.29) is 17.6 Å². The largest absolute Gasteiger partial charge is 0.383 e. The molecule has 29 heavy (non-hydrogen) atoms. The lowest BCUT2D eigenvalue weighted by molar-refractivity contribution is -0.383. The molecule has 2 N–H and O–H groups in total. The van der Waals surface area contributed by atoms with Gasteiger partial charge in [0.25, 0.3) is 11.6 Å². The maximum absolute atomic E-state index is 13.2. The summed E-state index contributed by atoms with van der Waals surface area (Å²) in [5.74, 6) is 0.493. The fourth-order valence-electron chi connectivity index (χ4n) is 4.34. The Morgan fingerprint density at radius 2 is 1.83 bits per heavy atom. The highest BCUT2D eigenvalue weighted by molar-refractivity contribution is 6.02. The van der Waals surface area contributed by atoms with Crippen molar-refractivity contribution in [3.8, 4) is 0 Å². The zero-order valence-corrected chi connectivity index (χ0v) is 17.7. The van der Waals surface area contributed by atoms with Crippen molar-refractivity contribution >= 4 is 23.0 Å². The number of nitrogens with one attached hydrogen (secondary N) is 2. The number of benzene rings is 1. The average molecular weight is 404 g/mol. The first-order chi connectivity index (χ1) is 13.9. The molecule has 1 heterocycles. The van der Waals surface area contributed by atoms with Gasteiger partial charge in [-0.3, -0.25) is 14.9 Å². The van der Waals surface area contributed by atoms with Gasteiger partial charge in [0.15, 0.2) is 0 Å². The third-order valence-corrected chi connectivity index (χ3v) is 6.34. The SMILES string of the molecule is CCN1CCN(c2cc(NC)c([N+](=O)[O-])cc2C(=O)NC2CCC(C)CC2)CC1. The molecule has 8 nitrogen and oxygen atoms in total. The van der Waals surface area contributed by atoms with Gasteiger partial charge < -0.3 is 20.4 Å². The summed E-state index contributed by atoms with van der Waals surface area (Å²) in [6.45, 7) is 8.83. The van der Waals surface area contributed by atoms with Crippen LogP contribution in [0.25, 0.3) is 0 Å². The van der Waals surface area contributed by atoms with Crippen LogP contribution in [0.1, 0.15) is 49.9 Å². The number of carbonyl (C=O) groups excluding carboxylic acids is 1. The van der Waals surface area contributed by atoms with Gasteiger partial charge in [-0.2, -0.15) is 0 Å². The van der Waals surface area contributed by atoms with Crippen molar-refractivity contribution in [3.63, 3.8) is 0 Å². The quantitative estimate of drug-likeness (QED) is 0.560. The Kier molecular flexibility index (Phi) is 6.95. The van der Waals surface area contributed by atoms with Crippen LogP contribution in [-0.2, 0) is 0 Å². The van der Waals surface area contributed by atoms with Crippen molar-refractivity contribution < 1.29 is 9.72 Å². The van der Waals surface area contributed by atoms with Gasteiger partial charge in [-0.15, -0.1) is 0 Å². The molecule has 3 rings (SSSR count). The van der Waals surface area contributed by atoms with E-state index in [9.17, 15) is 14.9 Å². The Hall–Kier alpha value is -2.35. The highest BCUT2D eigenvalue weighted by atomic mass is 16.6. The molecular weight excluding hydrogens is 370 g/mol. The van der Waals surface area contributed by atoms with Gasteiger partial charge >= 0.3 is 0 Å². The van der Waals surface area contributed by atoms with Gasteiger partial charge in [0.05, 0.1) is 16.2 Å². The van der Waals surface area contributed by atoms with E-state index in [1.54, 1.807) is 13.1 Å². The molecule has 0 atom stereocenters. The first-order valence-corrected chi connectivity index (χ1v) is 10.7. The Balaban J connectivity index is 1.89. The van der Waals surface area contributed by atoms with Gasteiger partial charge in [0, 0.05) is 45.3 Å². The highest BCUT2D eigenvalue weighted by Gasteiger charge is 2.28. The van der Waals surface area contributed by atoms with E-state index in [1.165, 1.54) is 6.07 Å². The molecule has 2 fully saturated rings. The van der Waals surface area contributed by atoms with E-state index in [0.717, 1.165) is 64.1 Å². The summed E-state index contributed by atoms with van der Waals surface area (Å²) in [5.41, 5.74) is 1.55. The number of rotatable bonds is 6. The second-order valence-corrected chi connectivity index (χ2v) is 8.25. The fourth-order valence-corrected chi connectivity index (χ4v) is 4.34. The standard InChI is InChI=1S/C21H33N5O3/c1-4-24-9-11-25(12-10-24)19-14-18(22-3)20(26(28)29)13-17(19)21(27)23-16-7-5-15(2)6-8-16/h13-16,22H,4-12H2,1-3H3,(H,23,27). The first kappa shape index (κ1) is 21.4. The van der Waals surface area contributed by atoms with Crippen molar-refractivity contribution in [1.82, 2.24) is 10.2 Å². The smallest absolute Gasteiger partial charge is 0.293 e. The molecule has 1 aromatic carbocycles. The molecule has 1 aromatic rings. The normalized spacial score (nSPS) is 22.9. The van der Waals surface area contributed by atoms with Crippen LogP contribution in [0.2, 0.25) is 0 Å². The van der Waals surface area contributed by atoms with Crippen LogP contribution in [-0.4, -0.2) is 61.5 Å². The summed E-state index contributed by atoms with van der Waals surface area (Å²) >= 11 is 0. The summed E-state index contributed by atoms with van der Waals surface area (Å²) in [4.78, 5) is 28.8. The van der Waals surface area contributed by atoms with Gasteiger partial charge in [0.1, 0.15) is 5.69 Å². The van der Waals surface area contributed by atoms with E-state index >= 15 is 0 Å². The molecule has 1 aliphatic carbocycles. The number of amides is 1. The molecule has 8 heteroatoms. The third kappa shape index (κ3) is 4.98. The zero-order chi connectivity index (χ0) is 21.0. The first-order valence-electron chi connectivity index (χ1n) is 10.7. The molecule has 0 bridgehead atoms. The number of hydrogen-bond donors (Lipinski definition) is 2. The minimum Gasteiger partial charge on any atom is -0.383 e. The summed E-state index contributed by atoms with van der Waals surface area (Å²) in [7, 11) is 1.67. The van der Waals surface area contributed by atoms with E-state index in [1.807, 2.05) is 0 Å². The van der Waals surface area contributed by atoms with E-state index in [0.29, 0.717) is 17.2 Å². The van der Waals surface area contributed by atoms with Gasteiger partial charge in [-0.05, 0) is 44.2 Å². The maximum atomic E-state index is 13.2. The van der Waals surface area contributed by atoms with Gasteiger partial charge in [-0.1, -0.05) is 13.8 Å². The number of nitro benzene ring substituents is 1. The predicted molar refractivity (Wildman–Crippen MR) is 116 cm³/mol. The maximum Gasteiger partial charge on any atom is 0.293 e. The second-order valence-electron chi connectivity index (χ2n) is 8.25. The van der Waals surface area contributed by atoms with Crippen LogP contribution in [0.4, 0.5) is 17.1 Å². The Morgan fingerprint density at radius 1 is 1.17 bits per heavy atom. The van der Waals surface area contributed by atoms with Crippen molar-refractivity contribution in [3.05, 3.63) is 27.8 Å². The van der Waals surface area contributed by atoms with Crippen molar-refractivity contribution in [1.29, 1.82) is 0 Å². The van der Waals surface area contributed by atoms with Crippen molar-refractivity contribution in [2.45, 2.75) is 45.6 Å². The average Bonchev–Trinajstić information content (AvgIpc) is 2.74. The molecule has 0 aromatic heterocycles. The van der Waals surface area contributed by atoms with Crippen LogP contribution >= 0.6 is 0 Å². The van der Waals surface area contributed by atoms with Crippen LogP contribution in [0.15, 0.2) is 12.1 Å². The molecule has 0 spiro atoms. The molecular formula is C21H33N5O3. The van der Waals surface area contributed by atoms with E-state index < -0.39 is 4.92 Å². The Bertz CT molecular complexity index is 738. The number of likely N-dealkylation sites (N-methyl/N-ethyl adjacent to an activating group) is 1. The van der Waals surface area contributed by atoms with Crippen molar-refractivity contribution in [2.24, 2.45) is 5.92 Å². The molecule has 1 aliphatic heterocycles. The lowest BCUT2D eigenvalue weighted by Gasteiger charge is -2.36. The summed E-state index contributed by atoms with van der Waals surface area (Å²) in [6, 6.07) is 3.35. The van der Waals surface area contributed by atoms with Crippen molar-refractivity contribution in [2.75, 3.05) is 50.0 Å². The molecule has 0 radical (unpaired) electrons. The zero-order valence-electron chi connectivity index (χ0n) is 17.7. The van der Waals surface area contributed by atoms with E-state index in [4.69, 9.17) is 0 Å². The number of nitrogens with zero attached hydrogens (tertiary/aromatic N) is 3. The van der Waals surface area contributed by atoms with Gasteiger partial charge in [0.2, 0.25) is 0 Å². The van der Waals surface area contributed by atoms with Crippen LogP contribution in [0, 0.1) is 16.0 Å². The number of piperazine rings is 1. The summed E-state index contributed by atoms with van der Waals surface area (Å²) < 4.78 is 0. The predicted octanol–water partition coefficient (Wildman–Crippen LogP) is 3.09. The van der Waals surface area contributed by atoms with Crippen LogP contribution in [0.5, 0.6) is 0 Å². The summed E-state index contributed by atoms with van der Waals surface area (Å²) in [6.07, 6.45) is 4.15. The Morgan fingerprint density at radius 3 is 2.38 bits per heavy atom. The minimum atomic E-state index is -0.427. The number of nitro groups is 1. The lowest BCUT2D eigenvalue weighted by Crippen LogP contribution is -2.47. The van der Waals surface area contributed by atoms with Crippen LogP contribution < -0.4 is 15.5 Å². The molecule has 160 valence electrons. The monoisotopic (exact) mass is 403 g/mol. The number of hydrogen-bond acceptors (Lipinski definition) is 6. The minimum absolute atomic E-state index is 0.0640. The molecule has 1 amide bonds.